The van der Waals surface area contributed by atoms with Gasteiger partial charge in [-0.3, -0.25) is 4.79 Å². The zero-order chi connectivity index (χ0) is 18.0. The van der Waals surface area contributed by atoms with Crippen molar-refractivity contribution in [1.29, 1.82) is 0 Å². The molecule has 25 heavy (non-hydrogen) atoms. The lowest BCUT2D eigenvalue weighted by Gasteiger charge is -2.20. The maximum absolute atomic E-state index is 12.7. The third kappa shape index (κ3) is 4.31. The van der Waals surface area contributed by atoms with Gasteiger partial charge in [0, 0.05) is 18.5 Å². The van der Waals surface area contributed by atoms with Crippen LogP contribution in [0.4, 0.5) is 8.78 Å². The Bertz CT molecular complexity index is 765. The molecule has 2 aromatic rings. The van der Waals surface area contributed by atoms with Gasteiger partial charge in [-0.15, -0.1) is 11.8 Å². The van der Waals surface area contributed by atoms with Crippen LogP contribution in [0.1, 0.15) is 16.7 Å². The Balaban J connectivity index is 1.60. The first-order valence-corrected chi connectivity index (χ1v) is 8.85. The number of hydrogen-bond donors (Lipinski definition) is 0. The second kappa shape index (κ2) is 7.44. The van der Waals surface area contributed by atoms with E-state index < -0.39 is 6.61 Å². The monoisotopic (exact) mass is 363 g/mol. The molecule has 1 heterocycles. The summed E-state index contributed by atoms with van der Waals surface area (Å²) in [6.07, 6.45) is 0.741. The first kappa shape index (κ1) is 17.7. The molecule has 0 N–H and O–H groups in total. The topological polar surface area (TPSA) is 29.5 Å². The van der Waals surface area contributed by atoms with E-state index in [1.807, 2.05) is 6.92 Å². The van der Waals surface area contributed by atoms with Gasteiger partial charge in [-0.05, 0) is 42.7 Å². The maximum atomic E-state index is 12.7. The SMILES string of the molecule is Cc1ccc2c(c1)SC(C(=O)N(C)Cc1ccc(OC(F)F)cc1)C2. The van der Waals surface area contributed by atoms with Crippen LogP contribution in [0, 0.1) is 6.92 Å². The lowest BCUT2D eigenvalue weighted by Crippen LogP contribution is -2.34. The van der Waals surface area contributed by atoms with Crippen LogP contribution in [0.3, 0.4) is 0 Å². The number of alkyl halides is 2. The molecule has 1 atom stereocenters. The van der Waals surface area contributed by atoms with Crippen molar-refractivity contribution in [3.63, 3.8) is 0 Å². The van der Waals surface area contributed by atoms with Crippen molar-refractivity contribution < 1.29 is 18.3 Å². The molecule has 0 saturated carbocycles. The molecule has 132 valence electrons. The highest BCUT2D eigenvalue weighted by Gasteiger charge is 2.30. The van der Waals surface area contributed by atoms with Crippen molar-refractivity contribution >= 4 is 17.7 Å². The van der Waals surface area contributed by atoms with Gasteiger partial charge in [-0.1, -0.05) is 29.8 Å². The summed E-state index contributed by atoms with van der Waals surface area (Å²) >= 11 is 1.61. The van der Waals surface area contributed by atoms with Gasteiger partial charge in [0.05, 0.1) is 5.25 Å². The number of amides is 1. The number of nitrogens with zero attached hydrogens (tertiary/aromatic N) is 1. The van der Waals surface area contributed by atoms with E-state index in [9.17, 15) is 13.6 Å². The van der Waals surface area contributed by atoms with Crippen LogP contribution in [-0.2, 0) is 17.8 Å². The van der Waals surface area contributed by atoms with Crippen molar-refractivity contribution in [2.24, 2.45) is 0 Å². The third-order valence-corrected chi connectivity index (χ3v) is 5.40. The second-order valence-electron chi connectivity index (χ2n) is 6.14. The molecule has 0 spiro atoms. The van der Waals surface area contributed by atoms with Crippen LogP contribution in [-0.4, -0.2) is 29.7 Å². The molecular formula is C19H19F2NO2S. The van der Waals surface area contributed by atoms with Crippen molar-refractivity contribution in [2.75, 3.05) is 7.05 Å². The van der Waals surface area contributed by atoms with E-state index in [1.54, 1.807) is 35.8 Å². The van der Waals surface area contributed by atoms with Gasteiger partial charge < -0.3 is 9.64 Å². The highest BCUT2D eigenvalue weighted by Crippen LogP contribution is 2.38. The summed E-state index contributed by atoms with van der Waals surface area (Å²) in [7, 11) is 1.76. The van der Waals surface area contributed by atoms with E-state index in [4.69, 9.17) is 0 Å². The molecular weight excluding hydrogens is 344 g/mol. The first-order chi connectivity index (χ1) is 11.9. The Labute approximate surface area is 150 Å². The van der Waals surface area contributed by atoms with Gasteiger partial charge in [0.25, 0.3) is 0 Å². The van der Waals surface area contributed by atoms with Crippen LogP contribution in [0.25, 0.3) is 0 Å². The van der Waals surface area contributed by atoms with E-state index in [0.29, 0.717) is 6.54 Å². The average Bonchev–Trinajstić information content (AvgIpc) is 2.98. The van der Waals surface area contributed by atoms with Crippen LogP contribution < -0.4 is 4.74 Å². The minimum Gasteiger partial charge on any atom is -0.435 e. The number of fused-ring (bicyclic) bond motifs is 1. The fourth-order valence-electron chi connectivity index (χ4n) is 2.85. The minimum absolute atomic E-state index is 0.0757. The van der Waals surface area contributed by atoms with Gasteiger partial charge in [-0.25, -0.2) is 0 Å². The molecule has 0 aliphatic carbocycles. The van der Waals surface area contributed by atoms with Crippen LogP contribution in [0.5, 0.6) is 5.75 Å². The molecule has 2 aromatic carbocycles. The van der Waals surface area contributed by atoms with Gasteiger partial charge in [-0.2, -0.15) is 8.78 Å². The lowest BCUT2D eigenvalue weighted by molar-refractivity contribution is -0.129. The van der Waals surface area contributed by atoms with Crippen LogP contribution >= 0.6 is 11.8 Å². The van der Waals surface area contributed by atoms with Crippen molar-refractivity contribution in [3.8, 4) is 5.75 Å². The number of halogens is 2. The number of benzene rings is 2. The first-order valence-electron chi connectivity index (χ1n) is 7.97. The second-order valence-corrected chi connectivity index (χ2v) is 7.38. The molecule has 0 saturated heterocycles. The Morgan fingerprint density at radius 2 is 2.00 bits per heavy atom. The van der Waals surface area contributed by atoms with Gasteiger partial charge in [0.15, 0.2) is 0 Å². The predicted octanol–water partition coefficient (Wildman–Crippen LogP) is 4.27. The molecule has 1 unspecified atom stereocenters. The molecule has 0 aromatic heterocycles. The number of hydrogen-bond acceptors (Lipinski definition) is 3. The third-order valence-electron chi connectivity index (χ3n) is 4.12. The van der Waals surface area contributed by atoms with E-state index in [2.05, 4.69) is 22.9 Å². The Hall–Kier alpha value is -2.08. The Kier molecular flexibility index (Phi) is 5.27. The number of ether oxygens (including phenoxy) is 1. The number of aryl methyl sites for hydroxylation is 1. The number of carbonyl (C=O) groups is 1. The van der Waals surface area contributed by atoms with Crippen molar-refractivity contribution in [3.05, 3.63) is 59.2 Å². The Morgan fingerprint density at radius 1 is 1.28 bits per heavy atom. The fourth-order valence-corrected chi connectivity index (χ4v) is 4.25. The number of thioether (sulfide) groups is 1. The Morgan fingerprint density at radius 3 is 2.68 bits per heavy atom. The molecule has 6 heteroatoms. The fraction of sp³-hybridized carbons (Fsp3) is 0.316. The van der Waals surface area contributed by atoms with Gasteiger partial charge in [0.2, 0.25) is 5.91 Å². The minimum atomic E-state index is -2.83. The van der Waals surface area contributed by atoms with Crippen LogP contribution in [0.15, 0.2) is 47.4 Å². The molecule has 0 bridgehead atoms. The highest BCUT2D eigenvalue weighted by molar-refractivity contribution is 8.01. The van der Waals surface area contributed by atoms with Crippen molar-refractivity contribution in [1.82, 2.24) is 4.90 Å². The lowest BCUT2D eigenvalue weighted by atomic mass is 10.1. The van der Waals surface area contributed by atoms with Gasteiger partial charge >= 0.3 is 6.61 Å². The number of rotatable bonds is 5. The summed E-state index contributed by atoms with van der Waals surface area (Å²) in [4.78, 5) is 15.6. The smallest absolute Gasteiger partial charge is 0.387 e. The van der Waals surface area contributed by atoms with E-state index in [0.717, 1.165) is 12.0 Å². The predicted molar refractivity (Wildman–Crippen MR) is 94.1 cm³/mol. The standard InChI is InChI=1S/C19H19F2NO2S/c1-12-3-6-14-10-17(25-16(14)9-12)18(23)22(2)11-13-4-7-15(8-5-13)24-19(20)21/h3-9,17,19H,10-11H2,1-2H3. The quantitative estimate of drug-likeness (QED) is 0.794. The summed E-state index contributed by atoms with van der Waals surface area (Å²) in [5, 5.41) is -0.108. The van der Waals surface area contributed by atoms with E-state index >= 15 is 0 Å². The summed E-state index contributed by atoms with van der Waals surface area (Å²) in [6.45, 7) is -0.358. The largest absolute Gasteiger partial charge is 0.435 e. The molecule has 3 rings (SSSR count). The zero-order valence-electron chi connectivity index (χ0n) is 14.0. The van der Waals surface area contributed by atoms with Crippen molar-refractivity contribution in [2.45, 2.75) is 36.6 Å². The molecule has 1 aliphatic rings. The molecule has 0 radical (unpaired) electrons. The molecule has 1 amide bonds. The average molecular weight is 363 g/mol. The molecule has 0 fully saturated rings. The number of carbonyl (C=O) groups excluding carboxylic acids is 1. The van der Waals surface area contributed by atoms with E-state index in [1.165, 1.54) is 28.2 Å². The summed E-state index contributed by atoms with van der Waals surface area (Å²) < 4.78 is 28.7. The zero-order valence-corrected chi connectivity index (χ0v) is 14.9. The summed E-state index contributed by atoms with van der Waals surface area (Å²) in [6, 6.07) is 12.6. The summed E-state index contributed by atoms with van der Waals surface area (Å²) in [5.74, 6) is 0.191. The van der Waals surface area contributed by atoms with Crippen LogP contribution in [0.2, 0.25) is 0 Å². The van der Waals surface area contributed by atoms with Gasteiger partial charge in [0.1, 0.15) is 5.75 Å². The summed E-state index contributed by atoms with van der Waals surface area (Å²) in [5.41, 5.74) is 3.28. The molecule has 1 aliphatic heterocycles. The highest BCUT2D eigenvalue weighted by atomic mass is 32.2. The van der Waals surface area contributed by atoms with E-state index in [-0.39, 0.29) is 16.9 Å². The normalized spacial score (nSPS) is 16.0. The molecule has 3 nitrogen and oxygen atoms in total. The maximum Gasteiger partial charge on any atom is 0.387 e.